The second-order valence-corrected chi connectivity index (χ2v) is 6.56. The minimum atomic E-state index is -0.396. The number of nitrogens with one attached hydrogen (secondary N) is 1. The molecule has 0 bridgehead atoms. The molecule has 2 rings (SSSR count). The van der Waals surface area contributed by atoms with Crippen molar-refractivity contribution in [3.63, 3.8) is 0 Å². The molecule has 0 aromatic heterocycles. The number of benzene rings is 1. The summed E-state index contributed by atoms with van der Waals surface area (Å²) in [5, 5.41) is 3.55. The Hall–Kier alpha value is -0.420. The van der Waals surface area contributed by atoms with E-state index in [1.165, 1.54) is 5.56 Å². The SMILES string of the molecule is CC(NCCC1(C(C)C)OCCO1)c1ccc(Br)cc1. The van der Waals surface area contributed by atoms with Crippen LogP contribution < -0.4 is 5.32 Å². The van der Waals surface area contributed by atoms with Gasteiger partial charge in [0.25, 0.3) is 0 Å². The van der Waals surface area contributed by atoms with E-state index in [4.69, 9.17) is 9.47 Å². The van der Waals surface area contributed by atoms with Gasteiger partial charge in [0.1, 0.15) is 0 Å². The third-order valence-electron chi connectivity index (χ3n) is 3.95. The Morgan fingerprint density at radius 3 is 2.30 bits per heavy atom. The van der Waals surface area contributed by atoms with Crippen molar-refractivity contribution in [3.05, 3.63) is 34.3 Å². The van der Waals surface area contributed by atoms with Gasteiger partial charge in [-0.15, -0.1) is 0 Å². The maximum atomic E-state index is 5.84. The van der Waals surface area contributed by atoms with Crippen molar-refractivity contribution in [1.82, 2.24) is 5.32 Å². The molecule has 0 radical (unpaired) electrons. The molecule has 1 atom stereocenters. The van der Waals surface area contributed by atoms with Crippen molar-refractivity contribution < 1.29 is 9.47 Å². The van der Waals surface area contributed by atoms with Gasteiger partial charge in [-0.2, -0.15) is 0 Å². The van der Waals surface area contributed by atoms with Gasteiger partial charge in [-0.05, 0) is 24.6 Å². The van der Waals surface area contributed by atoms with E-state index >= 15 is 0 Å². The van der Waals surface area contributed by atoms with Crippen molar-refractivity contribution >= 4 is 15.9 Å². The van der Waals surface area contributed by atoms with E-state index in [-0.39, 0.29) is 0 Å². The van der Waals surface area contributed by atoms with Gasteiger partial charge in [0.15, 0.2) is 5.79 Å². The van der Waals surface area contributed by atoms with Crippen LogP contribution in [0.3, 0.4) is 0 Å². The van der Waals surface area contributed by atoms with Gasteiger partial charge in [0.2, 0.25) is 0 Å². The zero-order chi connectivity index (χ0) is 14.6. The summed E-state index contributed by atoms with van der Waals surface area (Å²) in [7, 11) is 0. The molecule has 1 aromatic carbocycles. The molecule has 1 aromatic rings. The van der Waals surface area contributed by atoms with Crippen LogP contribution in [0.25, 0.3) is 0 Å². The summed E-state index contributed by atoms with van der Waals surface area (Å²) < 4.78 is 12.8. The normalized spacial score (nSPS) is 19.4. The average Bonchev–Trinajstić information content (AvgIpc) is 2.89. The second-order valence-electron chi connectivity index (χ2n) is 5.64. The standard InChI is InChI=1S/C16H24BrNO2/c1-12(2)16(19-10-11-20-16)8-9-18-13(3)14-4-6-15(17)7-5-14/h4-7,12-13,18H,8-11H2,1-3H3. The third-order valence-corrected chi connectivity index (χ3v) is 4.48. The van der Waals surface area contributed by atoms with Crippen LogP contribution in [0.1, 0.15) is 38.8 Å². The van der Waals surface area contributed by atoms with Crippen molar-refractivity contribution in [1.29, 1.82) is 0 Å². The summed E-state index contributed by atoms with van der Waals surface area (Å²) in [6.07, 6.45) is 0.880. The van der Waals surface area contributed by atoms with Crippen molar-refractivity contribution in [2.24, 2.45) is 5.92 Å². The Bertz CT molecular complexity index is 413. The lowest BCUT2D eigenvalue weighted by atomic mass is 9.99. The maximum absolute atomic E-state index is 5.84. The molecule has 1 N–H and O–H groups in total. The minimum Gasteiger partial charge on any atom is -0.347 e. The van der Waals surface area contributed by atoms with E-state index in [9.17, 15) is 0 Å². The molecular formula is C16H24BrNO2. The lowest BCUT2D eigenvalue weighted by Crippen LogP contribution is -2.39. The van der Waals surface area contributed by atoms with Crippen LogP contribution >= 0.6 is 15.9 Å². The van der Waals surface area contributed by atoms with E-state index in [1.54, 1.807) is 0 Å². The average molecular weight is 342 g/mol. The number of rotatable bonds is 6. The van der Waals surface area contributed by atoms with Gasteiger partial charge >= 0.3 is 0 Å². The molecular weight excluding hydrogens is 318 g/mol. The monoisotopic (exact) mass is 341 g/mol. The predicted molar refractivity (Wildman–Crippen MR) is 84.6 cm³/mol. The Morgan fingerprint density at radius 1 is 1.15 bits per heavy atom. The molecule has 112 valence electrons. The van der Waals surface area contributed by atoms with Gasteiger partial charge in [-0.3, -0.25) is 0 Å². The summed E-state index contributed by atoms with van der Waals surface area (Å²) in [6, 6.07) is 8.76. The molecule has 0 saturated carbocycles. The molecule has 1 unspecified atom stereocenters. The van der Waals surface area contributed by atoms with Gasteiger partial charge in [0, 0.05) is 29.4 Å². The van der Waals surface area contributed by atoms with Gasteiger partial charge < -0.3 is 14.8 Å². The third kappa shape index (κ3) is 3.82. The first-order chi connectivity index (χ1) is 9.53. The summed E-state index contributed by atoms with van der Waals surface area (Å²) in [6.45, 7) is 8.80. The van der Waals surface area contributed by atoms with E-state index in [1.807, 2.05) is 0 Å². The number of ether oxygens (including phenoxy) is 2. The van der Waals surface area contributed by atoms with Gasteiger partial charge in [-0.25, -0.2) is 0 Å². The highest BCUT2D eigenvalue weighted by Gasteiger charge is 2.39. The van der Waals surface area contributed by atoms with E-state index in [2.05, 4.69) is 66.3 Å². The lowest BCUT2D eigenvalue weighted by Gasteiger charge is -2.32. The second kappa shape index (κ2) is 7.03. The highest BCUT2D eigenvalue weighted by atomic mass is 79.9. The van der Waals surface area contributed by atoms with Crippen LogP contribution in [0, 0.1) is 5.92 Å². The lowest BCUT2D eigenvalue weighted by molar-refractivity contribution is -0.191. The number of hydrogen-bond acceptors (Lipinski definition) is 3. The molecule has 1 fully saturated rings. The Morgan fingerprint density at radius 2 is 1.75 bits per heavy atom. The largest absolute Gasteiger partial charge is 0.347 e. The molecule has 4 heteroatoms. The van der Waals surface area contributed by atoms with Gasteiger partial charge in [0.05, 0.1) is 13.2 Å². The van der Waals surface area contributed by atoms with Crippen LogP contribution in [0.4, 0.5) is 0 Å². The Kier molecular flexibility index (Phi) is 5.61. The van der Waals surface area contributed by atoms with Crippen molar-refractivity contribution in [2.75, 3.05) is 19.8 Å². The molecule has 3 nitrogen and oxygen atoms in total. The molecule has 1 heterocycles. The molecule has 20 heavy (non-hydrogen) atoms. The quantitative estimate of drug-likeness (QED) is 0.851. The molecule has 0 aliphatic carbocycles. The van der Waals surface area contributed by atoms with E-state index in [0.717, 1.165) is 17.4 Å². The molecule has 1 aliphatic heterocycles. The number of halogens is 1. The smallest absolute Gasteiger partial charge is 0.171 e. The first-order valence-corrected chi connectivity index (χ1v) is 8.09. The summed E-state index contributed by atoms with van der Waals surface area (Å²) in [5.41, 5.74) is 1.29. The van der Waals surface area contributed by atoms with Crippen LogP contribution in [0.15, 0.2) is 28.7 Å². The minimum absolute atomic E-state index is 0.328. The first-order valence-electron chi connectivity index (χ1n) is 7.30. The van der Waals surface area contributed by atoms with Crippen LogP contribution in [0.2, 0.25) is 0 Å². The predicted octanol–water partition coefficient (Wildman–Crippen LogP) is 3.89. The van der Waals surface area contributed by atoms with Crippen molar-refractivity contribution in [2.45, 2.75) is 39.0 Å². The molecule has 1 saturated heterocycles. The summed E-state index contributed by atoms with van der Waals surface area (Å²) >= 11 is 3.46. The van der Waals surface area contributed by atoms with Crippen LogP contribution in [-0.4, -0.2) is 25.5 Å². The Labute approximate surface area is 130 Å². The zero-order valence-electron chi connectivity index (χ0n) is 12.5. The number of hydrogen-bond donors (Lipinski definition) is 1. The first kappa shape index (κ1) is 16.0. The van der Waals surface area contributed by atoms with Gasteiger partial charge in [-0.1, -0.05) is 41.9 Å². The van der Waals surface area contributed by atoms with E-state index in [0.29, 0.717) is 25.2 Å². The fourth-order valence-electron chi connectivity index (χ4n) is 2.57. The summed E-state index contributed by atoms with van der Waals surface area (Å²) in [5.74, 6) is -0.0262. The highest BCUT2D eigenvalue weighted by molar-refractivity contribution is 9.10. The van der Waals surface area contributed by atoms with Crippen LogP contribution in [-0.2, 0) is 9.47 Å². The fourth-order valence-corrected chi connectivity index (χ4v) is 2.83. The molecule has 0 amide bonds. The topological polar surface area (TPSA) is 30.5 Å². The highest BCUT2D eigenvalue weighted by Crippen LogP contribution is 2.31. The van der Waals surface area contributed by atoms with Crippen molar-refractivity contribution in [3.8, 4) is 0 Å². The maximum Gasteiger partial charge on any atom is 0.171 e. The zero-order valence-corrected chi connectivity index (χ0v) is 14.1. The van der Waals surface area contributed by atoms with E-state index < -0.39 is 5.79 Å². The molecule has 1 aliphatic rings. The molecule has 0 spiro atoms. The van der Waals surface area contributed by atoms with Crippen LogP contribution in [0.5, 0.6) is 0 Å². The summed E-state index contributed by atoms with van der Waals surface area (Å²) in [4.78, 5) is 0. The Balaban J connectivity index is 1.84. The fraction of sp³-hybridized carbons (Fsp3) is 0.625.